The molecule has 1 aromatic carbocycles. The number of carboxylic acid groups (broad SMARTS) is 1. The first-order valence-corrected chi connectivity index (χ1v) is 8.44. The predicted octanol–water partition coefficient (Wildman–Crippen LogP) is 1.86. The second-order valence-corrected chi connectivity index (χ2v) is 6.79. The molecule has 0 aromatic heterocycles. The smallest absolute Gasteiger partial charge is 0.303 e. The molecule has 1 saturated carbocycles. The van der Waals surface area contributed by atoms with Crippen molar-refractivity contribution in [2.45, 2.75) is 49.5 Å². The molecule has 1 aromatic rings. The molecule has 116 valence electrons. The molecule has 1 fully saturated rings. The zero-order valence-electron chi connectivity index (χ0n) is 11.6. The molecule has 6 nitrogen and oxygen atoms in total. The third-order valence-corrected chi connectivity index (χ3v) is 4.70. The molecular weight excluding hydrogens is 294 g/mol. The molecule has 21 heavy (non-hydrogen) atoms. The average molecular weight is 313 g/mol. The Morgan fingerprint density at radius 1 is 1.24 bits per heavy atom. The summed E-state index contributed by atoms with van der Waals surface area (Å²) in [5.74, 6) is -0.877. The zero-order chi connectivity index (χ0) is 15.3. The number of aliphatic carboxylic acids is 1. The summed E-state index contributed by atoms with van der Waals surface area (Å²) in [6, 6.07) is 6.15. The van der Waals surface area contributed by atoms with E-state index in [2.05, 4.69) is 4.89 Å². The van der Waals surface area contributed by atoms with E-state index in [0.717, 1.165) is 31.2 Å². The molecule has 1 aliphatic carbocycles. The summed E-state index contributed by atoms with van der Waals surface area (Å²) in [5.41, 5.74) is 0.785. The summed E-state index contributed by atoms with van der Waals surface area (Å²) in [5, 5.41) is 8.61. The number of rotatable bonds is 7. The summed E-state index contributed by atoms with van der Waals surface area (Å²) in [6.45, 7) is 0. The van der Waals surface area contributed by atoms with Crippen molar-refractivity contribution in [1.29, 1.82) is 0 Å². The predicted molar refractivity (Wildman–Crippen MR) is 76.1 cm³/mol. The van der Waals surface area contributed by atoms with Crippen molar-refractivity contribution in [3.05, 3.63) is 29.8 Å². The molecular formula is C14H19NO5S. The molecule has 2 N–H and O–H groups in total. The number of sulfonamides is 1. The van der Waals surface area contributed by atoms with Crippen LogP contribution in [0, 0.1) is 0 Å². The highest BCUT2D eigenvalue weighted by Gasteiger charge is 2.20. The summed E-state index contributed by atoms with van der Waals surface area (Å²) >= 11 is 0. The van der Waals surface area contributed by atoms with Gasteiger partial charge in [0.05, 0.1) is 11.0 Å². The zero-order valence-corrected chi connectivity index (χ0v) is 12.4. The van der Waals surface area contributed by atoms with E-state index in [1.165, 1.54) is 12.1 Å². The Kier molecular flexibility index (Phi) is 5.33. The fourth-order valence-electron chi connectivity index (χ4n) is 2.27. The Morgan fingerprint density at radius 2 is 1.86 bits per heavy atom. The van der Waals surface area contributed by atoms with Crippen molar-refractivity contribution < 1.29 is 23.2 Å². The van der Waals surface area contributed by atoms with Gasteiger partial charge in [-0.3, -0.25) is 9.63 Å². The number of benzene rings is 1. The van der Waals surface area contributed by atoms with Crippen LogP contribution in [-0.4, -0.2) is 25.6 Å². The Labute approximate surface area is 124 Å². The number of hydrogen-bond donors (Lipinski definition) is 2. The summed E-state index contributed by atoms with van der Waals surface area (Å²) in [6.07, 6.45) is 4.22. The van der Waals surface area contributed by atoms with Gasteiger partial charge in [0.15, 0.2) is 0 Å². The molecule has 0 spiro atoms. The van der Waals surface area contributed by atoms with Crippen LogP contribution in [0.15, 0.2) is 29.2 Å². The molecule has 1 aliphatic rings. The SMILES string of the molecule is O=C(O)CCc1ccc(S(=O)(=O)NOC2CCCC2)cc1. The maximum Gasteiger partial charge on any atom is 0.303 e. The second kappa shape index (κ2) is 7.02. The molecule has 0 atom stereocenters. The highest BCUT2D eigenvalue weighted by molar-refractivity contribution is 7.89. The van der Waals surface area contributed by atoms with Crippen LogP contribution in [0.2, 0.25) is 0 Å². The number of nitrogens with one attached hydrogen (secondary N) is 1. The van der Waals surface area contributed by atoms with Gasteiger partial charge in [0.2, 0.25) is 0 Å². The molecule has 0 radical (unpaired) electrons. The standard InChI is InChI=1S/C14H19NO5S/c16-14(17)10-7-11-5-8-13(9-6-11)21(18,19)15-20-12-3-1-2-4-12/h5-6,8-9,12,15H,1-4,7,10H2,(H,16,17). The van der Waals surface area contributed by atoms with E-state index in [-0.39, 0.29) is 17.4 Å². The Morgan fingerprint density at radius 3 is 2.43 bits per heavy atom. The van der Waals surface area contributed by atoms with Gasteiger partial charge in [-0.2, -0.15) is 0 Å². The van der Waals surface area contributed by atoms with Crippen LogP contribution in [0.1, 0.15) is 37.7 Å². The lowest BCUT2D eigenvalue weighted by Crippen LogP contribution is -2.28. The first kappa shape index (κ1) is 15.9. The first-order valence-electron chi connectivity index (χ1n) is 6.95. The molecule has 0 amide bonds. The van der Waals surface area contributed by atoms with Crippen LogP contribution in [-0.2, 0) is 26.1 Å². The van der Waals surface area contributed by atoms with E-state index in [0.29, 0.717) is 6.42 Å². The maximum absolute atomic E-state index is 12.0. The van der Waals surface area contributed by atoms with E-state index in [1.807, 2.05) is 0 Å². The van der Waals surface area contributed by atoms with Gasteiger partial charge in [-0.1, -0.05) is 29.9 Å². The Hall–Kier alpha value is -1.44. The molecule has 0 bridgehead atoms. The van der Waals surface area contributed by atoms with Gasteiger partial charge in [0, 0.05) is 6.42 Å². The molecule has 7 heteroatoms. The van der Waals surface area contributed by atoms with Crippen LogP contribution >= 0.6 is 0 Å². The van der Waals surface area contributed by atoms with Crippen molar-refractivity contribution in [2.24, 2.45) is 0 Å². The van der Waals surface area contributed by atoms with E-state index >= 15 is 0 Å². The number of aryl methyl sites for hydroxylation is 1. The lowest BCUT2D eigenvalue weighted by atomic mass is 10.1. The second-order valence-electron chi connectivity index (χ2n) is 5.15. The summed E-state index contributed by atoms with van der Waals surface area (Å²) in [4.78, 5) is 18.0. The lowest BCUT2D eigenvalue weighted by Gasteiger charge is -2.12. The first-order chi connectivity index (χ1) is 9.97. The third kappa shape index (κ3) is 4.80. The fraction of sp³-hybridized carbons (Fsp3) is 0.500. The highest BCUT2D eigenvalue weighted by Crippen LogP contribution is 2.21. The number of carboxylic acids is 1. The van der Waals surface area contributed by atoms with Gasteiger partial charge in [0.25, 0.3) is 10.0 Å². The van der Waals surface area contributed by atoms with Gasteiger partial charge in [-0.05, 0) is 37.0 Å². The van der Waals surface area contributed by atoms with E-state index in [9.17, 15) is 13.2 Å². The van der Waals surface area contributed by atoms with E-state index in [4.69, 9.17) is 9.94 Å². The highest BCUT2D eigenvalue weighted by atomic mass is 32.2. The topological polar surface area (TPSA) is 92.7 Å². The van der Waals surface area contributed by atoms with Crippen molar-refractivity contribution in [3.63, 3.8) is 0 Å². The van der Waals surface area contributed by atoms with Gasteiger partial charge in [0.1, 0.15) is 0 Å². The van der Waals surface area contributed by atoms with Crippen molar-refractivity contribution in [3.8, 4) is 0 Å². The largest absolute Gasteiger partial charge is 0.481 e. The van der Waals surface area contributed by atoms with Crippen molar-refractivity contribution in [2.75, 3.05) is 0 Å². The quantitative estimate of drug-likeness (QED) is 0.750. The van der Waals surface area contributed by atoms with Gasteiger partial charge >= 0.3 is 5.97 Å². The minimum Gasteiger partial charge on any atom is -0.481 e. The Bertz CT molecular complexity index is 576. The normalized spacial score (nSPS) is 16.2. The van der Waals surface area contributed by atoms with E-state index < -0.39 is 16.0 Å². The van der Waals surface area contributed by atoms with Crippen LogP contribution in [0.3, 0.4) is 0 Å². The van der Waals surface area contributed by atoms with Crippen LogP contribution in [0.5, 0.6) is 0 Å². The average Bonchev–Trinajstić information content (AvgIpc) is 2.97. The minimum absolute atomic E-state index is 0.0230. The van der Waals surface area contributed by atoms with Gasteiger partial charge < -0.3 is 5.11 Å². The maximum atomic E-state index is 12.0. The summed E-state index contributed by atoms with van der Waals surface area (Å²) < 4.78 is 24.1. The molecule has 2 rings (SSSR count). The summed E-state index contributed by atoms with van der Waals surface area (Å²) in [7, 11) is -3.68. The van der Waals surface area contributed by atoms with Crippen LogP contribution < -0.4 is 4.89 Å². The molecule has 0 heterocycles. The monoisotopic (exact) mass is 313 g/mol. The number of hydrogen-bond acceptors (Lipinski definition) is 4. The fourth-order valence-corrected chi connectivity index (χ4v) is 3.13. The van der Waals surface area contributed by atoms with E-state index in [1.54, 1.807) is 12.1 Å². The molecule has 0 aliphatic heterocycles. The Balaban J connectivity index is 1.94. The van der Waals surface area contributed by atoms with Gasteiger partial charge in [-0.25, -0.2) is 8.42 Å². The number of carbonyl (C=O) groups is 1. The molecule has 0 unspecified atom stereocenters. The lowest BCUT2D eigenvalue weighted by molar-refractivity contribution is -0.136. The van der Waals surface area contributed by atoms with Crippen molar-refractivity contribution >= 4 is 16.0 Å². The van der Waals surface area contributed by atoms with Crippen LogP contribution in [0.4, 0.5) is 0 Å². The van der Waals surface area contributed by atoms with Crippen molar-refractivity contribution in [1.82, 2.24) is 4.89 Å². The third-order valence-electron chi connectivity index (χ3n) is 3.49. The molecule has 0 saturated heterocycles. The van der Waals surface area contributed by atoms with Gasteiger partial charge in [-0.15, -0.1) is 0 Å². The minimum atomic E-state index is -3.68. The van der Waals surface area contributed by atoms with Crippen LogP contribution in [0.25, 0.3) is 0 Å².